The van der Waals surface area contributed by atoms with E-state index in [0.29, 0.717) is 19.2 Å². The maximum Gasteiger partial charge on any atom is 0.407 e. The van der Waals surface area contributed by atoms with E-state index in [-0.39, 0.29) is 29.4 Å². The van der Waals surface area contributed by atoms with Crippen LogP contribution >= 0.6 is 0 Å². The lowest BCUT2D eigenvalue weighted by atomic mass is 9.74. The van der Waals surface area contributed by atoms with Gasteiger partial charge in [0.15, 0.2) is 0 Å². The third kappa shape index (κ3) is 5.16. The molecule has 1 N–H and O–H groups in total. The number of anilines is 1. The van der Waals surface area contributed by atoms with Gasteiger partial charge in [-0.2, -0.15) is 0 Å². The van der Waals surface area contributed by atoms with Crippen molar-refractivity contribution in [3.8, 4) is 0 Å². The van der Waals surface area contributed by atoms with Crippen molar-refractivity contribution < 1.29 is 18.7 Å². The van der Waals surface area contributed by atoms with E-state index < -0.39 is 0 Å². The Balaban J connectivity index is 1.43. The molecule has 1 aromatic carbocycles. The smallest absolute Gasteiger partial charge is 0.407 e. The number of carbonyl (C=O) groups is 2. The Bertz CT molecular complexity index is 885. The number of hydrogen-bond acceptors (Lipinski definition) is 4. The lowest BCUT2D eigenvalue weighted by Crippen LogP contribution is -2.51. The van der Waals surface area contributed by atoms with Crippen LogP contribution in [0.5, 0.6) is 0 Å². The summed E-state index contributed by atoms with van der Waals surface area (Å²) in [5.74, 6) is -0.243. The largest absolute Gasteiger partial charge is 0.450 e. The number of urea groups is 1. The zero-order valence-corrected chi connectivity index (χ0v) is 20.8. The van der Waals surface area contributed by atoms with Gasteiger partial charge in [-0.15, -0.1) is 0 Å². The molecular weight excluding hydrogens is 435 g/mol. The number of piperidine rings is 1. The number of hydrogen-bond donors (Lipinski definition) is 1. The first kappa shape index (κ1) is 24.8. The Kier molecular flexibility index (Phi) is 7.65. The SMILES string of the molecule is CCCOC(=O)NC1CCCCC(N2CCC3(CC2)CN(C(=O)N(C)C)c2ccc(F)cc23)C1. The number of ether oxygens (including phenoxy) is 1. The summed E-state index contributed by atoms with van der Waals surface area (Å²) >= 11 is 0. The van der Waals surface area contributed by atoms with E-state index in [1.54, 1.807) is 31.1 Å². The quantitative estimate of drug-likeness (QED) is 0.653. The topological polar surface area (TPSA) is 65.1 Å². The van der Waals surface area contributed by atoms with Gasteiger partial charge >= 0.3 is 12.1 Å². The van der Waals surface area contributed by atoms with E-state index in [0.717, 1.165) is 75.7 Å². The molecule has 2 heterocycles. The molecular formula is C26H39FN4O3. The Morgan fingerprint density at radius 2 is 1.94 bits per heavy atom. The molecule has 34 heavy (non-hydrogen) atoms. The number of fused-ring (bicyclic) bond motifs is 2. The first-order valence-corrected chi connectivity index (χ1v) is 12.8. The normalized spacial score (nSPS) is 24.4. The molecule has 0 radical (unpaired) electrons. The zero-order chi connectivity index (χ0) is 24.3. The first-order valence-electron chi connectivity index (χ1n) is 12.8. The van der Waals surface area contributed by atoms with Crippen molar-refractivity contribution in [2.75, 3.05) is 45.2 Å². The van der Waals surface area contributed by atoms with E-state index in [1.807, 2.05) is 11.8 Å². The monoisotopic (exact) mass is 474 g/mol. The fourth-order valence-electron chi connectivity index (χ4n) is 6.00. The van der Waals surface area contributed by atoms with Crippen molar-refractivity contribution in [2.24, 2.45) is 0 Å². The number of carbonyl (C=O) groups excluding carboxylic acids is 2. The number of likely N-dealkylation sites (tertiary alicyclic amines) is 1. The fourth-order valence-corrected chi connectivity index (χ4v) is 6.00. The van der Waals surface area contributed by atoms with Crippen molar-refractivity contribution >= 4 is 17.8 Å². The molecule has 188 valence electrons. The van der Waals surface area contributed by atoms with E-state index in [1.165, 1.54) is 6.07 Å². The highest BCUT2D eigenvalue weighted by molar-refractivity contribution is 5.95. The zero-order valence-electron chi connectivity index (χ0n) is 20.8. The van der Waals surface area contributed by atoms with Gasteiger partial charge in [-0.1, -0.05) is 19.8 Å². The van der Waals surface area contributed by atoms with Crippen molar-refractivity contribution in [3.05, 3.63) is 29.6 Å². The Morgan fingerprint density at radius 1 is 1.21 bits per heavy atom. The molecule has 1 aromatic rings. The molecule has 4 rings (SSSR count). The van der Waals surface area contributed by atoms with Crippen LogP contribution in [0.4, 0.5) is 19.7 Å². The summed E-state index contributed by atoms with van der Waals surface area (Å²) < 4.78 is 19.5. The first-order chi connectivity index (χ1) is 16.3. The maximum atomic E-state index is 14.3. The molecule has 1 saturated carbocycles. The number of nitrogens with zero attached hydrogens (tertiary/aromatic N) is 3. The number of nitrogens with one attached hydrogen (secondary N) is 1. The van der Waals surface area contributed by atoms with Crippen LogP contribution < -0.4 is 10.2 Å². The van der Waals surface area contributed by atoms with Crippen molar-refractivity contribution in [1.29, 1.82) is 0 Å². The second-order valence-corrected chi connectivity index (χ2v) is 10.4. The predicted octanol–water partition coefficient (Wildman–Crippen LogP) is 4.50. The molecule has 0 aromatic heterocycles. The van der Waals surface area contributed by atoms with E-state index >= 15 is 0 Å². The summed E-state index contributed by atoms with van der Waals surface area (Å²) in [4.78, 5) is 30.9. The second-order valence-electron chi connectivity index (χ2n) is 10.4. The van der Waals surface area contributed by atoms with Gasteiger partial charge in [0, 0.05) is 43.8 Å². The van der Waals surface area contributed by atoms with E-state index in [9.17, 15) is 14.0 Å². The molecule has 3 aliphatic rings. The van der Waals surface area contributed by atoms with Crippen molar-refractivity contribution in [1.82, 2.24) is 15.1 Å². The molecule has 1 saturated heterocycles. The number of alkyl carbamates (subject to hydrolysis) is 1. The van der Waals surface area contributed by atoms with Crippen LogP contribution in [-0.4, -0.2) is 74.3 Å². The van der Waals surface area contributed by atoms with Gasteiger partial charge in [0.05, 0.1) is 6.61 Å². The summed E-state index contributed by atoms with van der Waals surface area (Å²) in [6, 6.07) is 5.35. The minimum Gasteiger partial charge on any atom is -0.450 e. The van der Waals surface area contributed by atoms with Crippen LogP contribution in [0.25, 0.3) is 0 Å². The minimum absolute atomic E-state index is 0.0557. The third-order valence-electron chi connectivity index (χ3n) is 7.82. The number of amides is 3. The number of benzene rings is 1. The standard InChI is InChI=1S/C26H39FN4O3/c1-4-15-34-24(32)28-20-7-5-6-8-21(17-20)30-13-11-26(12-14-30)18-31(25(33)29(2)3)23-10-9-19(27)16-22(23)26/h9-10,16,20-21H,4-8,11-15,17-18H2,1-3H3,(H,28,32). The average molecular weight is 475 g/mol. The van der Waals surface area contributed by atoms with Gasteiger partial charge in [0.25, 0.3) is 0 Å². The molecule has 2 aliphatic heterocycles. The van der Waals surface area contributed by atoms with Crippen LogP contribution in [0.3, 0.4) is 0 Å². The summed E-state index contributed by atoms with van der Waals surface area (Å²) in [5.41, 5.74) is 1.62. The highest BCUT2D eigenvalue weighted by atomic mass is 19.1. The third-order valence-corrected chi connectivity index (χ3v) is 7.82. The number of rotatable bonds is 4. The molecule has 0 bridgehead atoms. The van der Waals surface area contributed by atoms with E-state index in [4.69, 9.17) is 4.74 Å². The van der Waals surface area contributed by atoms with Gasteiger partial charge in [0.2, 0.25) is 0 Å². The lowest BCUT2D eigenvalue weighted by Gasteiger charge is -2.43. The Hall–Kier alpha value is -2.35. The molecule has 7 nitrogen and oxygen atoms in total. The molecule has 8 heteroatoms. The molecule has 2 atom stereocenters. The minimum atomic E-state index is -0.305. The van der Waals surface area contributed by atoms with Crippen LogP contribution in [0.15, 0.2) is 18.2 Å². The van der Waals surface area contributed by atoms with Gasteiger partial charge in [-0.05, 0) is 75.4 Å². The molecule has 1 spiro atoms. The van der Waals surface area contributed by atoms with Gasteiger partial charge in [-0.3, -0.25) is 4.90 Å². The van der Waals surface area contributed by atoms with Crippen LogP contribution in [0, 0.1) is 5.82 Å². The second kappa shape index (κ2) is 10.5. The van der Waals surface area contributed by atoms with Crippen LogP contribution in [0.2, 0.25) is 0 Å². The summed E-state index contributed by atoms with van der Waals surface area (Å²) in [6.45, 7) is 4.88. The Morgan fingerprint density at radius 3 is 2.65 bits per heavy atom. The van der Waals surface area contributed by atoms with Gasteiger partial charge in [-0.25, -0.2) is 14.0 Å². The Labute approximate surface area is 202 Å². The summed E-state index contributed by atoms with van der Waals surface area (Å²) in [5, 5.41) is 3.08. The van der Waals surface area contributed by atoms with Gasteiger partial charge < -0.3 is 19.9 Å². The van der Waals surface area contributed by atoms with E-state index in [2.05, 4.69) is 10.2 Å². The predicted molar refractivity (Wildman–Crippen MR) is 131 cm³/mol. The maximum absolute atomic E-state index is 14.3. The summed E-state index contributed by atoms with van der Waals surface area (Å²) in [6.07, 6.45) is 7.64. The highest BCUT2D eigenvalue weighted by Gasteiger charge is 2.47. The summed E-state index contributed by atoms with van der Waals surface area (Å²) in [7, 11) is 3.52. The highest BCUT2D eigenvalue weighted by Crippen LogP contribution is 2.48. The van der Waals surface area contributed by atoms with Crippen molar-refractivity contribution in [2.45, 2.75) is 75.8 Å². The number of halogens is 1. The van der Waals surface area contributed by atoms with Gasteiger partial charge in [0.1, 0.15) is 5.82 Å². The van der Waals surface area contributed by atoms with Crippen molar-refractivity contribution in [3.63, 3.8) is 0 Å². The van der Waals surface area contributed by atoms with Crippen LogP contribution in [0.1, 0.15) is 63.9 Å². The lowest BCUT2D eigenvalue weighted by molar-refractivity contribution is 0.102. The van der Waals surface area contributed by atoms with Crippen LogP contribution in [-0.2, 0) is 10.2 Å². The fraction of sp³-hybridized carbons (Fsp3) is 0.692. The molecule has 1 aliphatic carbocycles. The average Bonchev–Trinajstić information content (AvgIpc) is 2.96. The molecule has 2 unspecified atom stereocenters. The molecule has 2 fully saturated rings. The molecule has 3 amide bonds.